The van der Waals surface area contributed by atoms with E-state index in [-0.39, 0.29) is 18.5 Å². The van der Waals surface area contributed by atoms with Crippen molar-refractivity contribution in [2.75, 3.05) is 12.1 Å². The fraction of sp³-hybridized carbons (Fsp3) is 0.235. The van der Waals surface area contributed by atoms with E-state index in [1.54, 1.807) is 19.1 Å². The van der Waals surface area contributed by atoms with E-state index in [4.69, 9.17) is 9.47 Å². The minimum Gasteiger partial charge on any atom is -0.454 e. The first kappa shape index (κ1) is 15.1. The summed E-state index contributed by atoms with van der Waals surface area (Å²) in [5, 5.41) is 5.87. The molecule has 2 N–H and O–H groups in total. The van der Waals surface area contributed by atoms with Gasteiger partial charge in [0.25, 0.3) is 0 Å². The van der Waals surface area contributed by atoms with Crippen molar-refractivity contribution in [2.45, 2.75) is 19.5 Å². The predicted molar refractivity (Wildman–Crippen MR) is 83.9 cm³/mol. The number of rotatable bonds is 5. The van der Waals surface area contributed by atoms with E-state index in [0.29, 0.717) is 23.7 Å². The first-order chi connectivity index (χ1) is 11.1. The zero-order valence-electron chi connectivity index (χ0n) is 12.6. The Kier molecular flexibility index (Phi) is 4.32. The van der Waals surface area contributed by atoms with Gasteiger partial charge in [-0.1, -0.05) is 6.07 Å². The first-order valence-electron chi connectivity index (χ1n) is 7.30. The number of ether oxygens (including phenoxy) is 2. The molecule has 0 bridgehead atoms. The molecule has 1 aliphatic heterocycles. The summed E-state index contributed by atoms with van der Waals surface area (Å²) < 4.78 is 23.4. The van der Waals surface area contributed by atoms with Crippen LogP contribution < -0.4 is 20.1 Å². The van der Waals surface area contributed by atoms with E-state index < -0.39 is 6.04 Å². The third kappa shape index (κ3) is 3.71. The minimum absolute atomic E-state index is 0.146. The Bertz CT molecular complexity index is 703. The monoisotopic (exact) mass is 316 g/mol. The Morgan fingerprint density at radius 1 is 1.17 bits per heavy atom. The highest BCUT2D eigenvalue weighted by Gasteiger charge is 2.15. The highest BCUT2D eigenvalue weighted by Crippen LogP contribution is 2.32. The summed E-state index contributed by atoms with van der Waals surface area (Å²) in [6.45, 7) is 2.37. The Morgan fingerprint density at radius 3 is 2.70 bits per heavy atom. The molecule has 0 radical (unpaired) electrons. The van der Waals surface area contributed by atoms with Gasteiger partial charge in [-0.05, 0) is 48.9 Å². The molecule has 1 aliphatic rings. The second-order valence-corrected chi connectivity index (χ2v) is 5.28. The van der Waals surface area contributed by atoms with E-state index in [2.05, 4.69) is 10.6 Å². The van der Waals surface area contributed by atoms with Gasteiger partial charge < -0.3 is 20.1 Å². The van der Waals surface area contributed by atoms with Crippen molar-refractivity contribution in [3.63, 3.8) is 0 Å². The second kappa shape index (κ2) is 6.56. The number of amides is 1. The maximum atomic E-state index is 12.9. The van der Waals surface area contributed by atoms with Crippen molar-refractivity contribution in [3.05, 3.63) is 53.8 Å². The number of nitrogens with one attached hydrogen (secondary N) is 2. The molecule has 2 aromatic rings. The highest BCUT2D eigenvalue weighted by molar-refractivity contribution is 5.84. The quantitative estimate of drug-likeness (QED) is 0.890. The lowest BCUT2D eigenvalue weighted by Gasteiger charge is -2.15. The molecule has 120 valence electrons. The number of halogens is 1. The number of anilines is 1. The van der Waals surface area contributed by atoms with Crippen LogP contribution in [0.3, 0.4) is 0 Å². The lowest BCUT2D eigenvalue weighted by molar-refractivity contribution is -0.121. The van der Waals surface area contributed by atoms with Gasteiger partial charge in [0.15, 0.2) is 11.5 Å². The summed E-state index contributed by atoms with van der Waals surface area (Å²) >= 11 is 0. The lowest BCUT2D eigenvalue weighted by atomic mass is 10.2. The van der Waals surface area contributed by atoms with Crippen molar-refractivity contribution in [1.82, 2.24) is 5.32 Å². The molecular weight excluding hydrogens is 299 g/mol. The largest absolute Gasteiger partial charge is 0.454 e. The Hall–Kier alpha value is -2.76. The van der Waals surface area contributed by atoms with Crippen LogP contribution in [-0.2, 0) is 11.3 Å². The molecule has 2 aromatic carbocycles. The fourth-order valence-electron chi connectivity index (χ4n) is 2.25. The summed E-state index contributed by atoms with van der Waals surface area (Å²) in [4.78, 5) is 12.1. The Morgan fingerprint density at radius 2 is 1.91 bits per heavy atom. The molecule has 0 saturated heterocycles. The maximum absolute atomic E-state index is 12.9. The van der Waals surface area contributed by atoms with E-state index in [0.717, 1.165) is 5.56 Å². The summed E-state index contributed by atoms with van der Waals surface area (Å²) in [7, 11) is 0. The molecule has 1 atom stereocenters. The summed E-state index contributed by atoms with van der Waals surface area (Å²) in [5.41, 5.74) is 1.62. The van der Waals surface area contributed by atoms with Gasteiger partial charge in [0, 0.05) is 12.2 Å². The second-order valence-electron chi connectivity index (χ2n) is 5.28. The number of carbonyl (C=O) groups excluding carboxylic acids is 1. The van der Waals surface area contributed by atoms with E-state index in [9.17, 15) is 9.18 Å². The van der Waals surface area contributed by atoms with Gasteiger partial charge in [0.2, 0.25) is 12.7 Å². The number of carbonyl (C=O) groups is 1. The van der Waals surface area contributed by atoms with Crippen LogP contribution >= 0.6 is 0 Å². The Balaban J connectivity index is 1.53. The lowest BCUT2D eigenvalue weighted by Crippen LogP contribution is -2.37. The average Bonchev–Trinajstić information content (AvgIpc) is 3.02. The molecule has 6 heteroatoms. The van der Waals surface area contributed by atoms with E-state index in [1.165, 1.54) is 12.1 Å². The molecule has 23 heavy (non-hydrogen) atoms. The number of fused-ring (bicyclic) bond motifs is 1. The van der Waals surface area contributed by atoms with Gasteiger partial charge in [-0.15, -0.1) is 0 Å². The molecule has 0 spiro atoms. The van der Waals surface area contributed by atoms with Crippen LogP contribution in [0.4, 0.5) is 10.1 Å². The van der Waals surface area contributed by atoms with Gasteiger partial charge >= 0.3 is 0 Å². The van der Waals surface area contributed by atoms with Crippen molar-refractivity contribution < 1.29 is 18.7 Å². The normalized spacial score (nSPS) is 13.5. The van der Waals surface area contributed by atoms with Crippen LogP contribution in [0.15, 0.2) is 42.5 Å². The van der Waals surface area contributed by atoms with E-state index >= 15 is 0 Å². The minimum atomic E-state index is -0.436. The van der Waals surface area contributed by atoms with E-state index in [1.807, 2.05) is 18.2 Å². The molecule has 0 fully saturated rings. The topological polar surface area (TPSA) is 59.6 Å². The zero-order valence-corrected chi connectivity index (χ0v) is 12.6. The number of benzene rings is 2. The van der Waals surface area contributed by atoms with Crippen LogP contribution in [0.2, 0.25) is 0 Å². The average molecular weight is 316 g/mol. The van der Waals surface area contributed by atoms with Gasteiger partial charge in [-0.2, -0.15) is 0 Å². The van der Waals surface area contributed by atoms with Crippen molar-refractivity contribution in [3.8, 4) is 11.5 Å². The molecule has 3 rings (SSSR count). The smallest absolute Gasteiger partial charge is 0.242 e. The third-order valence-electron chi connectivity index (χ3n) is 3.52. The van der Waals surface area contributed by atoms with Crippen LogP contribution in [0, 0.1) is 5.82 Å². The summed E-state index contributed by atoms with van der Waals surface area (Å²) in [5.74, 6) is 0.947. The fourth-order valence-corrected chi connectivity index (χ4v) is 2.25. The van der Waals surface area contributed by atoms with Gasteiger partial charge in [0.1, 0.15) is 11.9 Å². The maximum Gasteiger partial charge on any atom is 0.242 e. The first-order valence-corrected chi connectivity index (χ1v) is 7.30. The standard InChI is InChI=1S/C17H17FN2O3/c1-11(20-14-5-3-13(18)4-6-14)17(21)19-9-12-2-7-15-16(8-12)23-10-22-15/h2-8,11,20H,9-10H2,1H3,(H,19,21). The van der Waals surface area contributed by atoms with Crippen LogP contribution in [0.1, 0.15) is 12.5 Å². The van der Waals surface area contributed by atoms with Crippen LogP contribution in [-0.4, -0.2) is 18.7 Å². The molecule has 0 aromatic heterocycles. The zero-order chi connectivity index (χ0) is 16.2. The van der Waals surface area contributed by atoms with Gasteiger partial charge in [0.05, 0.1) is 0 Å². The predicted octanol–water partition coefficient (Wildman–Crippen LogP) is 2.67. The van der Waals surface area contributed by atoms with Crippen molar-refractivity contribution in [2.24, 2.45) is 0 Å². The molecule has 5 nitrogen and oxygen atoms in total. The van der Waals surface area contributed by atoms with Gasteiger partial charge in [-0.3, -0.25) is 4.79 Å². The SMILES string of the molecule is CC(Nc1ccc(F)cc1)C(=O)NCc1ccc2c(c1)OCO2. The highest BCUT2D eigenvalue weighted by atomic mass is 19.1. The Labute approximate surface area is 133 Å². The van der Waals surface area contributed by atoms with Crippen molar-refractivity contribution >= 4 is 11.6 Å². The number of hydrogen-bond acceptors (Lipinski definition) is 4. The molecule has 1 heterocycles. The van der Waals surface area contributed by atoms with Crippen LogP contribution in [0.5, 0.6) is 11.5 Å². The molecule has 0 saturated carbocycles. The molecule has 0 aliphatic carbocycles. The van der Waals surface area contributed by atoms with Crippen molar-refractivity contribution in [1.29, 1.82) is 0 Å². The van der Waals surface area contributed by atoms with Crippen LogP contribution in [0.25, 0.3) is 0 Å². The molecule has 1 amide bonds. The number of hydrogen-bond donors (Lipinski definition) is 2. The summed E-state index contributed by atoms with van der Waals surface area (Å²) in [6.07, 6.45) is 0. The molecule has 1 unspecified atom stereocenters. The molecular formula is C17H17FN2O3. The third-order valence-corrected chi connectivity index (χ3v) is 3.52. The van der Waals surface area contributed by atoms with Gasteiger partial charge in [-0.25, -0.2) is 4.39 Å². The summed E-state index contributed by atoms with van der Waals surface area (Å²) in [6, 6.07) is 11.0.